The van der Waals surface area contributed by atoms with Gasteiger partial charge in [-0.05, 0) is 30.3 Å². The maximum Gasteiger partial charge on any atom is 0.257 e. The van der Waals surface area contributed by atoms with Crippen LogP contribution in [0.1, 0.15) is 10.4 Å². The van der Waals surface area contributed by atoms with E-state index in [9.17, 15) is 9.18 Å². The molecule has 8 heteroatoms. The number of fused-ring (bicyclic) bond motifs is 1. The molecule has 5 rings (SSSR count). The molecule has 0 saturated carbocycles. The molecule has 2 fully saturated rings. The lowest BCUT2D eigenvalue weighted by molar-refractivity contribution is 0.0303. The predicted molar refractivity (Wildman–Crippen MR) is 124 cm³/mol. The minimum atomic E-state index is -0.217. The summed E-state index contributed by atoms with van der Waals surface area (Å²) in [6.07, 6.45) is 1.67. The second-order valence-electron chi connectivity index (χ2n) is 8.01. The Labute approximate surface area is 191 Å². The fourth-order valence-electron chi connectivity index (χ4n) is 4.46. The average molecular weight is 455 g/mol. The second kappa shape index (κ2) is 8.92. The highest BCUT2D eigenvalue weighted by atomic mass is 35.5. The van der Waals surface area contributed by atoms with Crippen molar-refractivity contribution in [1.82, 2.24) is 9.88 Å². The largest absolute Gasteiger partial charge is 0.378 e. The zero-order chi connectivity index (χ0) is 22.1. The van der Waals surface area contributed by atoms with Crippen molar-refractivity contribution >= 4 is 39.8 Å². The van der Waals surface area contributed by atoms with Crippen molar-refractivity contribution in [2.45, 2.75) is 0 Å². The van der Waals surface area contributed by atoms with Crippen molar-refractivity contribution < 1.29 is 13.9 Å². The fourth-order valence-corrected chi connectivity index (χ4v) is 4.64. The van der Waals surface area contributed by atoms with Gasteiger partial charge in [-0.2, -0.15) is 0 Å². The van der Waals surface area contributed by atoms with E-state index in [2.05, 4.69) is 9.88 Å². The molecule has 0 bridgehead atoms. The minimum absolute atomic E-state index is 0.0470. The molecule has 2 aliphatic rings. The molecule has 2 saturated heterocycles. The molecule has 0 radical (unpaired) electrons. The van der Waals surface area contributed by atoms with Gasteiger partial charge in [0.2, 0.25) is 0 Å². The summed E-state index contributed by atoms with van der Waals surface area (Å²) in [6, 6.07) is 12.4. The van der Waals surface area contributed by atoms with Crippen molar-refractivity contribution in [2.75, 3.05) is 62.3 Å². The molecule has 1 amide bonds. The zero-order valence-corrected chi connectivity index (χ0v) is 18.4. The molecule has 3 aromatic rings. The summed E-state index contributed by atoms with van der Waals surface area (Å²) >= 11 is 6.32. The number of amides is 1. The Morgan fingerprint density at radius 1 is 0.969 bits per heavy atom. The summed E-state index contributed by atoms with van der Waals surface area (Å²) in [4.78, 5) is 24.0. The number of anilines is 2. The van der Waals surface area contributed by atoms with Gasteiger partial charge in [-0.1, -0.05) is 23.7 Å². The Kier molecular flexibility index (Phi) is 5.85. The Hall–Kier alpha value is -2.90. The van der Waals surface area contributed by atoms with Crippen LogP contribution in [-0.2, 0) is 4.74 Å². The lowest BCUT2D eigenvalue weighted by Crippen LogP contribution is -2.48. The third-order valence-corrected chi connectivity index (χ3v) is 6.35. The molecule has 2 aliphatic heterocycles. The predicted octanol–water partition coefficient (Wildman–Crippen LogP) is 3.83. The number of para-hydroxylation sites is 1. The van der Waals surface area contributed by atoms with Gasteiger partial charge in [0, 0.05) is 55.9 Å². The van der Waals surface area contributed by atoms with E-state index in [1.54, 1.807) is 24.4 Å². The van der Waals surface area contributed by atoms with E-state index >= 15 is 0 Å². The minimum Gasteiger partial charge on any atom is -0.378 e. The number of carbonyl (C=O) groups excluding carboxylic acids is 1. The van der Waals surface area contributed by atoms with Gasteiger partial charge < -0.3 is 19.4 Å². The SMILES string of the molecule is O=C(c1cnc2ccc(Cl)cc2c1N1CCN(c2ccccc2F)CC1)N1CCOCC1. The number of hydrogen-bond acceptors (Lipinski definition) is 5. The van der Waals surface area contributed by atoms with Gasteiger partial charge in [-0.15, -0.1) is 0 Å². The van der Waals surface area contributed by atoms with Crippen LogP contribution in [0.25, 0.3) is 10.9 Å². The topological polar surface area (TPSA) is 48.9 Å². The monoisotopic (exact) mass is 454 g/mol. The highest BCUT2D eigenvalue weighted by Gasteiger charge is 2.28. The highest BCUT2D eigenvalue weighted by molar-refractivity contribution is 6.31. The van der Waals surface area contributed by atoms with Crippen LogP contribution in [-0.4, -0.2) is 68.3 Å². The van der Waals surface area contributed by atoms with Crippen molar-refractivity contribution in [2.24, 2.45) is 0 Å². The number of pyridine rings is 1. The van der Waals surface area contributed by atoms with Crippen molar-refractivity contribution in [3.05, 3.63) is 65.1 Å². The van der Waals surface area contributed by atoms with Crippen LogP contribution in [0.15, 0.2) is 48.7 Å². The molecule has 0 N–H and O–H groups in total. The molecular formula is C24H24ClFN4O2. The number of halogens is 2. The van der Waals surface area contributed by atoms with Crippen LogP contribution in [0.3, 0.4) is 0 Å². The van der Waals surface area contributed by atoms with E-state index in [0.29, 0.717) is 68.8 Å². The Morgan fingerprint density at radius 2 is 1.69 bits per heavy atom. The summed E-state index contributed by atoms with van der Waals surface area (Å²) < 4.78 is 19.7. The van der Waals surface area contributed by atoms with E-state index in [1.165, 1.54) is 6.07 Å². The molecule has 1 aromatic heterocycles. The third-order valence-electron chi connectivity index (χ3n) is 6.12. The first kappa shape index (κ1) is 21.0. The number of ether oxygens (including phenoxy) is 1. The van der Waals surface area contributed by atoms with Crippen LogP contribution in [0, 0.1) is 5.82 Å². The maximum atomic E-state index is 14.3. The molecule has 2 aromatic carbocycles. The van der Waals surface area contributed by atoms with Crippen LogP contribution in [0.2, 0.25) is 5.02 Å². The van der Waals surface area contributed by atoms with Crippen molar-refractivity contribution in [3.8, 4) is 0 Å². The van der Waals surface area contributed by atoms with Gasteiger partial charge in [-0.25, -0.2) is 4.39 Å². The van der Waals surface area contributed by atoms with Gasteiger partial charge in [0.25, 0.3) is 5.91 Å². The van der Waals surface area contributed by atoms with Gasteiger partial charge >= 0.3 is 0 Å². The van der Waals surface area contributed by atoms with E-state index < -0.39 is 0 Å². The van der Waals surface area contributed by atoms with E-state index in [-0.39, 0.29) is 11.7 Å². The first-order valence-electron chi connectivity index (χ1n) is 10.8. The molecule has 0 spiro atoms. The third kappa shape index (κ3) is 3.98. The number of morpholine rings is 1. The number of benzene rings is 2. The smallest absolute Gasteiger partial charge is 0.257 e. The van der Waals surface area contributed by atoms with E-state index in [0.717, 1.165) is 16.6 Å². The molecule has 0 unspecified atom stereocenters. The molecule has 0 atom stereocenters. The fraction of sp³-hybridized carbons (Fsp3) is 0.333. The normalized spacial score (nSPS) is 17.1. The van der Waals surface area contributed by atoms with Gasteiger partial charge in [-0.3, -0.25) is 9.78 Å². The Balaban J connectivity index is 1.50. The number of nitrogens with zero attached hydrogens (tertiary/aromatic N) is 4. The standard InChI is InChI=1S/C24H24ClFN4O2/c25-17-5-6-21-18(15-17)23(19(16-27-21)24(31)30-11-13-32-14-12-30)29-9-7-28(8-10-29)22-4-2-1-3-20(22)26/h1-6,15-16H,7-14H2. The molecule has 3 heterocycles. The van der Waals surface area contributed by atoms with Crippen LogP contribution < -0.4 is 9.80 Å². The van der Waals surface area contributed by atoms with E-state index in [4.69, 9.17) is 16.3 Å². The number of hydrogen-bond donors (Lipinski definition) is 0. The lowest BCUT2D eigenvalue weighted by atomic mass is 10.1. The zero-order valence-electron chi connectivity index (χ0n) is 17.6. The van der Waals surface area contributed by atoms with E-state index in [1.807, 2.05) is 28.0 Å². The van der Waals surface area contributed by atoms with Gasteiger partial charge in [0.15, 0.2) is 0 Å². The van der Waals surface area contributed by atoms with Crippen molar-refractivity contribution in [1.29, 1.82) is 0 Å². The molecule has 6 nitrogen and oxygen atoms in total. The average Bonchev–Trinajstić information content (AvgIpc) is 2.84. The maximum absolute atomic E-state index is 14.3. The summed E-state index contributed by atoms with van der Waals surface area (Å²) in [5, 5.41) is 1.46. The Morgan fingerprint density at radius 3 is 2.44 bits per heavy atom. The first-order chi connectivity index (χ1) is 15.6. The number of piperazine rings is 1. The van der Waals surface area contributed by atoms with Gasteiger partial charge in [0.05, 0.1) is 35.7 Å². The van der Waals surface area contributed by atoms with Crippen LogP contribution in [0.4, 0.5) is 15.8 Å². The molecule has 32 heavy (non-hydrogen) atoms. The summed E-state index contributed by atoms with van der Waals surface area (Å²) in [6.45, 7) is 4.81. The molecular weight excluding hydrogens is 431 g/mol. The number of aromatic nitrogens is 1. The summed E-state index contributed by atoms with van der Waals surface area (Å²) in [5.74, 6) is -0.264. The molecule has 166 valence electrons. The quantitative estimate of drug-likeness (QED) is 0.602. The van der Waals surface area contributed by atoms with Gasteiger partial charge in [0.1, 0.15) is 5.82 Å². The van der Waals surface area contributed by atoms with Crippen LogP contribution in [0.5, 0.6) is 0 Å². The summed E-state index contributed by atoms with van der Waals surface area (Å²) in [7, 11) is 0. The molecule has 0 aliphatic carbocycles. The second-order valence-corrected chi connectivity index (χ2v) is 8.45. The Bertz CT molecular complexity index is 1140. The first-order valence-corrected chi connectivity index (χ1v) is 11.2. The lowest BCUT2D eigenvalue weighted by Gasteiger charge is -2.39. The highest BCUT2D eigenvalue weighted by Crippen LogP contribution is 2.34. The van der Waals surface area contributed by atoms with Crippen LogP contribution >= 0.6 is 11.6 Å². The number of rotatable bonds is 3. The number of carbonyl (C=O) groups is 1. The van der Waals surface area contributed by atoms with Crippen molar-refractivity contribution in [3.63, 3.8) is 0 Å². The summed E-state index contributed by atoms with van der Waals surface area (Å²) in [5.41, 5.74) is 2.82.